The van der Waals surface area contributed by atoms with Crippen molar-refractivity contribution in [1.29, 1.82) is 0 Å². The van der Waals surface area contributed by atoms with Crippen molar-refractivity contribution in [3.63, 3.8) is 0 Å². The molecule has 2 rings (SSSR count). The molecule has 0 aromatic carbocycles. The molecule has 4 nitrogen and oxygen atoms in total. The lowest BCUT2D eigenvalue weighted by Gasteiger charge is -2.09. The van der Waals surface area contributed by atoms with Gasteiger partial charge in [0.15, 0.2) is 0 Å². The van der Waals surface area contributed by atoms with Crippen molar-refractivity contribution in [3.05, 3.63) is 30.1 Å². The van der Waals surface area contributed by atoms with Crippen molar-refractivity contribution < 1.29 is 4.74 Å². The van der Waals surface area contributed by atoms with Crippen LogP contribution in [0.3, 0.4) is 0 Å². The van der Waals surface area contributed by atoms with Crippen LogP contribution in [0.4, 0.5) is 0 Å². The fraction of sp³-hybridized carbons (Fsp3) is 0.444. The quantitative estimate of drug-likeness (QED) is 0.728. The van der Waals surface area contributed by atoms with Gasteiger partial charge in [0.25, 0.3) is 0 Å². The third-order valence-electron chi connectivity index (χ3n) is 2.08. The number of rotatable bonds is 2. The Morgan fingerprint density at radius 2 is 2.54 bits per heavy atom. The fourth-order valence-electron chi connectivity index (χ4n) is 1.39. The molecule has 0 saturated heterocycles. The van der Waals surface area contributed by atoms with Gasteiger partial charge in [0, 0.05) is 19.7 Å². The fourth-order valence-corrected chi connectivity index (χ4v) is 1.39. The molecule has 1 aliphatic rings. The van der Waals surface area contributed by atoms with E-state index in [0.29, 0.717) is 0 Å². The van der Waals surface area contributed by atoms with E-state index >= 15 is 0 Å². The highest BCUT2D eigenvalue weighted by molar-refractivity contribution is 5.17. The molecule has 2 heterocycles. The monoisotopic (exact) mass is 179 g/mol. The van der Waals surface area contributed by atoms with Crippen molar-refractivity contribution in [1.82, 2.24) is 9.55 Å². The average Bonchev–Trinajstić information content (AvgIpc) is 2.72. The van der Waals surface area contributed by atoms with Gasteiger partial charge >= 0.3 is 0 Å². The summed E-state index contributed by atoms with van der Waals surface area (Å²) in [5.41, 5.74) is 6.80. The maximum absolute atomic E-state index is 5.94. The zero-order valence-electron chi connectivity index (χ0n) is 7.60. The summed E-state index contributed by atoms with van der Waals surface area (Å²) in [6.07, 6.45) is 6.63. The van der Waals surface area contributed by atoms with Gasteiger partial charge in [-0.3, -0.25) is 0 Å². The molecule has 1 aromatic rings. The predicted octanol–water partition coefficient (Wildman–Crippen LogP) is 0.724. The minimum Gasteiger partial charge on any atom is -0.496 e. The predicted molar refractivity (Wildman–Crippen MR) is 48.8 cm³/mol. The molecule has 1 aromatic heterocycles. The minimum atomic E-state index is -0.205. The Morgan fingerprint density at radius 3 is 3.08 bits per heavy atom. The number of hydrogen-bond donors (Lipinski definition) is 1. The van der Waals surface area contributed by atoms with Gasteiger partial charge in [0.1, 0.15) is 11.8 Å². The second kappa shape index (κ2) is 3.22. The van der Waals surface area contributed by atoms with E-state index in [-0.39, 0.29) is 6.04 Å². The van der Waals surface area contributed by atoms with E-state index in [9.17, 15) is 0 Å². The highest BCUT2D eigenvalue weighted by atomic mass is 16.5. The molecule has 1 unspecified atom stereocenters. The summed E-state index contributed by atoms with van der Waals surface area (Å²) in [6, 6.07) is -0.205. The van der Waals surface area contributed by atoms with E-state index in [1.54, 1.807) is 6.33 Å². The Balaban J connectivity index is 2.16. The highest BCUT2D eigenvalue weighted by Crippen LogP contribution is 2.22. The SMILES string of the molecule is Cn1cnc(C(N)C2=CCCO2)c1. The number of aromatic nitrogens is 2. The molecule has 2 N–H and O–H groups in total. The lowest BCUT2D eigenvalue weighted by atomic mass is 10.2. The van der Waals surface area contributed by atoms with Gasteiger partial charge in [-0.15, -0.1) is 0 Å². The third-order valence-corrected chi connectivity index (χ3v) is 2.08. The van der Waals surface area contributed by atoms with Crippen LogP contribution in [-0.4, -0.2) is 16.2 Å². The van der Waals surface area contributed by atoms with Gasteiger partial charge in [-0.2, -0.15) is 0 Å². The maximum atomic E-state index is 5.94. The van der Waals surface area contributed by atoms with Crippen molar-refractivity contribution in [2.45, 2.75) is 12.5 Å². The van der Waals surface area contributed by atoms with Gasteiger partial charge in [0.05, 0.1) is 18.6 Å². The van der Waals surface area contributed by atoms with Crippen LogP contribution in [0.2, 0.25) is 0 Å². The Morgan fingerprint density at radius 1 is 1.69 bits per heavy atom. The molecule has 0 aliphatic carbocycles. The normalized spacial score (nSPS) is 18.2. The number of imidazole rings is 1. The molecule has 0 bridgehead atoms. The van der Waals surface area contributed by atoms with E-state index in [0.717, 1.165) is 24.5 Å². The number of nitrogens with two attached hydrogens (primary N) is 1. The molecule has 0 radical (unpaired) electrons. The van der Waals surface area contributed by atoms with Crippen LogP contribution in [0.5, 0.6) is 0 Å². The summed E-state index contributed by atoms with van der Waals surface area (Å²) in [4.78, 5) is 4.18. The molecule has 0 amide bonds. The van der Waals surface area contributed by atoms with Crippen LogP contribution < -0.4 is 5.73 Å². The molecule has 4 heteroatoms. The average molecular weight is 179 g/mol. The Kier molecular flexibility index (Phi) is 2.06. The Hall–Kier alpha value is -1.29. The van der Waals surface area contributed by atoms with Crippen LogP contribution in [0, 0.1) is 0 Å². The standard InChI is InChI=1S/C9H13N3O/c1-12-5-7(11-6-12)9(10)8-3-2-4-13-8/h3,5-6,9H,2,4,10H2,1H3. The number of aryl methyl sites for hydroxylation is 1. The first-order valence-electron chi connectivity index (χ1n) is 4.33. The molecule has 0 saturated carbocycles. The highest BCUT2D eigenvalue weighted by Gasteiger charge is 2.18. The summed E-state index contributed by atoms with van der Waals surface area (Å²) in [5, 5.41) is 0. The van der Waals surface area contributed by atoms with Crippen molar-refractivity contribution in [2.24, 2.45) is 12.8 Å². The lowest BCUT2D eigenvalue weighted by Crippen LogP contribution is -2.13. The van der Waals surface area contributed by atoms with E-state index < -0.39 is 0 Å². The van der Waals surface area contributed by atoms with Crippen LogP contribution in [-0.2, 0) is 11.8 Å². The van der Waals surface area contributed by atoms with Gasteiger partial charge < -0.3 is 15.0 Å². The lowest BCUT2D eigenvalue weighted by molar-refractivity contribution is 0.224. The summed E-state index contributed by atoms with van der Waals surface area (Å²) in [5.74, 6) is 0.846. The Bertz CT molecular complexity index is 329. The second-order valence-corrected chi connectivity index (χ2v) is 3.19. The topological polar surface area (TPSA) is 53.1 Å². The molecule has 13 heavy (non-hydrogen) atoms. The molecular formula is C9H13N3O. The smallest absolute Gasteiger partial charge is 0.115 e. The van der Waals surface area contributed by atoms with E-state index in [1.807, 2.05) is 23.9 Å². The van der Waals surface area contributed by atoms with Crippen molar-refractivity contribution in [2.75, 3.05) is 6.61 Å². The molecular weight excluding hydrogens is 166 g/mol. The molecule has 1 aliphatic heterocycles. The largest absolute Gasteiger partial charge is 0.496 e. The van der Waals surface area contributed by atoms with E-state index in [2.05, 4.69) is 4.98 Å². The van der Waals surface area contributed by atoms with Crippen LogP contribution in [0.25, 0.3) is 0 Å². The molecule has 70 valence electrons. The minimum absolute atomic E-state index is 0.205. The van der Waals surface area contributed by atoms with Crippen LogP contribution in [0.15, 0.2) is 24.4 Å². The number of hydrogen-bond acceptors (Lipinski definition) is 3. The van der Waals surface area contributed by atoms with Crippen molar-refractivity contribution >= 4 is 0 Å². The first-order chi connectivity index (χ1) is 6.27. The second-order valence-electron chi connectivity index (χ2n) is 3.19. The first-order valence-corrected chi connectivity index (χ1v) is 4.33. The van der Waals surface area contributed by atoms with E-state index in [1.165, 1.54) is 0 Å². The maximum Gasteiger partial charge on any atom is 0.115 e. The number of ether oxygens (including phenoxy) is 1. The Labute approximate surface area is 77.0 Å². The molecule has 0 fully saturated rings. The zero-order chi connectivity index (χ0) is 9.26. The van der Waals surface area contributed by atoms with Gasteiger partial charge in [-0.05, 0) is 6.08 Å². The summed E-state index contributed by atoms with van der Waals surface area (Å²) < 4.78 is 7.24. The third kappa shape index (κ3) is 1.58. The van der Waals surface area contributed by atoms with Crippen LogP contribution >= 0.6 is 0 Å². The molecule has 0 spiro atoms. The zero-order valence-corrected chi connectivity index (χ0v) is 7.60. The summed E-state index contributed by atoms with van der Waals surface area (Å²) >= 11 is 0. The van der Waals surface area contributed by atoms with Crippen molar-refractivity contribution in [3.8, 4) is 0 Å². The first kappa shape index (κ1) is 8.31. The van der Waals surface area contributed by atoms with Gasteiger partial charge in [-0.1, -0.05) is 0 Å². The van der Waals surface area contributed by atoms with Gasteiger partial charge in [0.2, 0.25) is 0 Å². The molecule has 1 atom stereocenters. The summed E-state index contributed by atoms with van der Waals surface area (Å²) in [6.45, 7) is 0.746. The van der Waals surface area contributed by atoms with Gasteiger partial charge in [-0.25, -0.2) is 4.98 Å². The number of nitrogens with zero attached hydrogens (tertiary/aromatic N) is 2. The van der Waals surface area contributed by atoms with E-state index in [4.69, 9.17) is 10.5 Å². The van der Waals surface area contributed by atoms with Crippen LogP contribution in [0.1, 0.15) is 18.2 Å². The summed E-state index contributed by atoms with van der Waals surface area (Å²) in [7, 11) is 1.92.